The van der Waals surface area contributed by atoms with Crippen molar-refractivity contribution < 1.29 is 19.7 Å². The number of hydrogen-bond acceptors (Lipinski definition) is 4. The molecule has 5 fully saturated rings. The van der Waals surface area contributed by atoms with Crippen LogP contribution in [0.3, 0.4) is 0 Å². The van der Waals surface area contributed by atoms with Crippen LogP contribution in [0.25, 0.3) is 0 Å². The van der Waals surface area contributed by atoms with Crippen LogP contribution in [0, 0.1) is 34.5 Å². The second-order valence-corrected chi connectivity index (χ2v) is 11.3. The average Bonchev–Trinajstić information content (AvgIpc) is 3.32. The smallest absolute Gasteiger partial charge is 0.155 e. The molecule has 4 saturated carbocycles. The van der Waals surface area contributed by atoms with Gasteiger partial charge in [-0.2, -0.15) is 0 Å². The van der Waals surface area contributed by atoms with Crippen molar-refractivity contribution in [2.24, 2.45) is 34.5 Å². The molecule has 0 unspecified atom stereocenters. The minimum Gasteiger partial charge on any atom is -0.396 e. The Labute approximate surface area is 167 Å². The van der Waals surface area contributed by atoms with E-state index in [-0.39, 0.29) is 29.1 Å². The van der Waals surface area contributed by atoms with Crippen molar-refractivity contribution in [1.29, 1.82) is 0 Å². The van der Waals surface area contributed by atoms with E-state index in [1.54, 1.807) is 0 Å². The Balaban J connectivity index is 1.43. The fraction of sp³-hybridized carbons (Fsp3) is 0.875. The van der Waals surface area contributed by atoms with Crippen LogP contribution in [0.15, 0.2) is 11.6 Å². The Morgan fingerprint density at radius 2 is 2.00 bits per heavy atom. The standard InChI is InChI=1S/C24H34O4/c1-21-10-8-15(26)12-14(21)4-6-18-20-16-5-7-17(16)23(27,9-3-11-25)22(20,2)13-19-24(18,21)28-19/h12,16-20,25,27H,3-11,13H2,1-2H3/t16-,17+,18+,19-,20+,21+,22+,23+,24+/m1/s1. The van der Waals surface area contributed by atoms with Crippen LogP contribution in [0.2, 0.25) is 0 Å². The SMILES string of the molecule is C[C@]12CCC(=O)C=C1CC[C@H]1[C@@H]3[C@@H]4CC[C@@H]4[C@@](O)(CCCO)[C@@]3(C)C[C@H]3O[C@]312. The number of ketones is 1. The summed E-state index contributed by atoms with van der Waals surface area (Å²) in [6.07, 6.45) is 10.6. The summed E-state index contributed by atoms with van der Waals surface area (Å²) in [4.78, 5) is 12.1. The van der Waals surface area contributed by atoms with Gasteiger partial charge in [-0.1, -0.05) is 19.4 Å². The number of aliphatic hydroxyl groups excluding tert-OH is 1. The Morgan fingerprint density at radius 1 is 1.18 bits per heavy atom. The third-order valence-electron chi connectivity index (χ3n) is 10.7. The summed E-state index contributed by atoms with van der Waals surface area (Å²) in [6.45, 7) is 4.87. The number of aliphatic hydroxyl groups is 2. The van der Waals surface area contributed by atoms with Crippen molar-refractivity contribution in [2.75, 3.05) is 6.61 Å². The second-order valence-electron chi connectivity index (χ2n) is 11.3. The molecule has 1 aliphatic heterocycles. The van der Waals surface area contributed by atoms with E-state index < -0.39 is 5.60 Å². The molecular formula is C24H34O4. The molecule has 2 N–H and O–H groups in total. The van der Waals surface area contributed by atoms with Crippen LogP contribution < -0.4 is 0 Å². The van der Waals surface area contributed by atoms with Crippen LogP contribution in [0.5, 0.6) is 0 Å². The predicted molar refractivity (Wildman–Crippen MR) is 104 cm³/mol. The van der Waals surface area contributed by atoms with Crippen molar-refractivity contribution in [3.63, 3.8) is 0 Å². The molecule has 0 amide bonds. The monoisotopic (exact) mass is 386 g/mol. The summed E-state index contributed by atoms with van der Waals surface area (Å²) < 4.78 is 6.67. The molecule has 5 aliphatic carbocycles. The van der Waals surface area contributed by atoms with E-state index in [9.17, 15) is 15.0 Å². The largest absolute Gasteiger partial charge is 0.396 e. The molecule has 6 rings (SSSR count). The maximum Gasteiger partial charge on any atom is 0.155 e. The average molecular weight is 387 g/mol. The highest BCUT2D eigenvalue weighted by molar-refractivity contribution is 5.91. The molecule has 0 bridgehead atoms. The van der Waals surface area contributed by atoms with Crippen molar-refractivity contribution >= 4 is 5.78 Å². The van der Waals surface area contributed by atoms with E-state index in [2.05, 4.69) is 13.8 Å². The van der Waals surface area contributed by atoms with E-state index in [4.69, 9.17) is 4.74 Å². The molecule has 0 aromatic heterocycles. The summed E-state index contributed by atoms with van der Waals surface area (Å²) >= 11 is 0. The quantitative estimate of drug-likeness (QED) is 0.730. The zero-order valence-corrected chi connectivity index (χ0v) is 17.2. The summed E-state index contributed by atoms with van der Waals surface area (Å²) in [5, 5.41) is 21.5. The van der Waals surface area contributed by atoms with Gasteiger partial charge in [-0.25, -0.2) is 0 Å². The van der Waals surface area contributed by atoms with Crippen molar-refractivity contribution in [3.05, 3.63) is 11.6 Å². The number of carbonyl (C=O) groups is 1. The van der Waals surface area contributed by atoms with E-state index in [0.29, 0.717) is 42.3 Å². The fourth-order valence-corrected chi connectivity index (χ4v) is 9.33. The number of rotatable bonds is 3. The molecule has 6 aliphatic rings. The molecule has 9 atom stereocenters. The summed E-state index contributed by atoms with van der Waals surface area (Å²) in [7, 11) is 0. The molecule has 1 heterocycles. The molecule has 0 radical (unpaired) electrons. The van der Waals surface area contributed by atoms with E-state index >= 15 is 0 Å². The van der Waals surface area contributed by atoms with Gasteiger partial charge in [-0.15, -0.1) is 0 Å². The first-order valence-corrected chi connectivity index (χ1v) is 11.6. The van der Waals surface area contributed by atoms with Crippen LogP contribution in [0.4, 0.5) is 0 Å². The molecule has 1 spiro atoms. The third-order valence-corrected chi connectivity index (χ3v) is 10.7. The van der Waals surface area contributed by atoms with Gasteiger partial charge in [0, 0.05) is 23.9 Å². The van der Waals surface area contributed by atoms with Crippen molar-refractivity contribution in [1.82, 2.24) is 0 Å². The predicted octanol–water partition coefficient (Wildman–Crippen LogP) is 3.40. The maximum absolute atomic E-state index is 12.1. The van der Waals surface area contributed by atoms with Gasteiger partial charge in [-0.3, -0.25) is 4.79 Å². The Morgan fingerprint density at radius 3 is 2.71 bits per heavy atom. The first-order valence-electron chi connectivity index (χ1n) is 11.6. The summed E-state index contributed by atoms with van der Waals surface area (Å²) in [6, 6.07) is 0. The summed E-state index contributed by atoms with van der Waals surface area (Å²) in [5.41, 5.74) is 0.488. The Kier molecular flexibility index (Phi) is 3.43. The molecule has 28 heavy (non-hydrogen) atoms. The first kappa shape index (κ1) is 18.1. The Hall–Kier alpha value is -0.710. The fourth-order valence-electron chi connectivity index (χ4n) is 9.33. The number of fused-ring (bicyclic) bond motifs is 5. The van der Waals surface area contributed by atoms with Gasteiger partial charge in [0.1, 0.15) is 5.60 Å². The summed E-state index contributed by atoms with van der Waals surface area (Å²) in [5.74, 6) is 2.33. The topological polar surface area (TPSA) is 70.1 Å². The first-order chi connectivity index (χ1) is 13.3. The zero-order chi connectivity index (χ0) is 19.5. The van der Waals surface area contributed by atoms with Crippen molar-refractivity contribution in [2.45, 2.75) is 88.9 Å². The lowest BCUT2D eigenvalue weighted by Crippen LogP contribution is -2.60. The van der Waals surface area contributed by atoms with E-state index in [1.165, 1.54) is 12.0 Å². The van der Waals surface area contributed by atoms with Crippen LogP contribution in [-0.2, 0) is 9.53 Å². The van der Waals surface area contributed by atoms with Gasteiger partial charge in [0.05, 0.1) is 11.7 Å². The molecule has 4 heteroatoms. The maximum atomic E-state index is 12.1. The van der Waals surface area contributed by atoms with Gasteiger partial charge in [-0.05, 0) is 81.1 Å². The molecular weight excluding hydrogens is 352 g/mol. The number of carbonyl (C=O) groups excluding carboxylic acids is 1. The highest BCUT2D eigenvalue weighted by Gasteiger charge is 2.83. The lowest BCUT2D eigenvalue weighted by molar-refractivity contribution is -0.133. The number of ether oxygens (including phenoxy) is 1. The van der Waals surface area contributed by atoms with Gasteiger partial charge in [0.2, 0.25) is 0 Å². The van der Waals surface area contributed by atoms with E-state index in [1.807, 2.05) is 6.08 Å². The zero-order valence-electron chi connectivity index (χ0n) is 17.2. The van der Waals surface area contributed by atoms with Gasteiger partial charge < -0.3 is 14.9 Å². The van der Waals surface area contributed by atoms with E-state index in [0.717, 1.165) is 38.5 Å². The van der Waals surface area contributed by atoms with Gasteiger partial charge >= 0.3 is 0 Å². The van der Waals surface area contributed by atoms with Crippen molar-refractivity contribution in [3.8, 4) is 0 Å². The number of epoxide rings is 1. The van der Waals surface area contributed by atoms with Gasteiger partial charge in [0.25, 0.3) is 0 Å². The third kappa shape index (κ3) is 1.75. The van der Waals surface area contributed by atoms with Crippen LogP contribution >= 0.6 is 0 Å². The second kappa shape index (κ2) is 5.31. The van der Waals surface area contributed by atoms with Crippen LogP contribution in [0.1, 0.15) is 71.6 Å². The molecule has 154 valence electrons. The number of hydrogen-bond donors (Lipinski definition) is 2. The lowest BCUT2D eigenvalue weighted by Gasteiger charge is -2.57. The normalized spacial score (nSPS) is 58.5. The van der Waals surface area contributed by atoms with Gasteiger partial charge in [0.15, 0.2) is 5.78 Å². The highest BCUT2D eigenvalue weighted by atomic mass is 16.6. The lowest BCUT2D eigenvalue weighted by atomic mass is 9.45. The molecule has 0 aromatic carbocycles. The van der Waals surface area contributed by atoms with Crippen LogP contribution in [-0.4, -0.2) is 39.9 Å². The highest BCUT2D eigenvalue weighted by Crippen LogP contribution is 2.80. The molecule has 0 aromatic rings. The minimum atomic E-state index is -0.652. The minimum absolute atomic E-state index is 0.000864. The molecule has 1 saturated heterocycles. The Bertz CT molecular complexity index is 775. The molecule has 4 nitrogen and oxygen atoms in total.